The number of ether oxygens (including phenoxy) is 7. The molecule has 1 fully saturated rings. The standard InChI is InChI=1S/C26H28O14/c1-10(27)19-21(36-13(4)30)17-8-26(40-22(17)20(11(2)28)24(19)38-15(6)32)25(39-16(7)33)23(37-14(5)31)18(9-34-26)35-12(3)29/h18,23,25H,8-9H2,1-7H3/t18-,23+,25+,26+/m1/s1. The highest BCUT2D eigenvalue weighted by atomic mass is 16.7. The average Bonchev–Trinajstić information content (AvgIpc) is 3.16. The Morgan fingerprint density at radius 2 is 1.20 bits per heavy atom. The maximum Gasteiger partial charge on any atom is 0.308 e. The lowest BCUT2D eigenvalue weighted by atomic mass is 9.90. The number of carbonyl (C=O) groups is 7. The van der Waals surface area contributed by atoms with Crippen LogP contribution in [0, 0.1) is 0 Å². The molecule has 0 unspecified atom stereocenters. The molecule has 0 N–H and O–H groups in total. The Bertz CT molecular complexity index is 1310. The predicted molar refractivity (Wildman–Crippen MR) is 129 cm³/mol. The van der Waals surface area contributed by atoms with E-state index in [0.29, 0.717) is 0 Å². The molecule has 0 aromatic heterocycles. The van der Waals surface area contributed by atoms with Crippen molar-refractivity contribution < 1.29 is 66.7 Å². The molecule has 216 valence electrons. The summed E-state index contributed by atoms with van der Waals surface area (Å²) >= 11 is 0. The Morgan fingerprint density at radius 1 is 0.675 bits per heavy atom. The monoisotopic (exact) mass is 564 g/mol. The van der Waals surface area contributed by atoms with Crippen molar-refractivity contribution in [3.8, 4) is 17.2 Å². The molecule has 1 saturated heterocycles. The molecule has 1 aromatic carbocycles. The molecule has 2 aliphatic rings. The van der Waals surface area contributed by atoms with Crippen LogP contribution in [-0.2, 0) is 49.3 Å². The van der Waals surface area contributed by atoms with Crippen LogP contribution in [0.15, 0.2) is 0 Å². The molecular weight excluding hydrogens is 536 g/mol. The fraction of sp³-hybridized carbons (Fsp3) is 0.500. The highest BCUT2D eigenvalue weighted by Crippen LogP contribution is 2.53. The maximum absolute atomic E-state index is 12.9. The molecular formula is C26H28O14. The molecule has 3 rings (SSSR count). The topological polar surface area (TPSA) is 184 Å². The van der Waals surface area contributed by atoms with Crippen LogP contribution in [0.2, 0.25) is 0 Å². The van der Waals surface area contributed by atoms with Gasteiger partial charge in [-0.2, -0.15) is 0 Å². The summed E-state index contributed by atoms with van der Waals surface area (Å²) in [4.78, 5) is 85.7. The van der Waals surface area contributed by atoms with Gasteiger partial charge in [0.1, 0.15) is 16.9 Å². The fourth-order valence-electron chi connectivity index (χ4n) is 4.67. The van der Waals surface area contributed by atoms with Gasteiger partial charge in [-0.3, -0.25) is 33.6 Å². The highest BCUT2D eigenvalue weighted by Gasteiger charge is 2.62. The third-order valence-electron chi connectivity index (χ3n) is 5.85. The summed E-state index contributed by atoms with van der Waals surface area (Å²) < 4.78 is 38.8. The zero-order valence-electron chi connectivity index (χ0n) is 22.9. The Morgan fingerprint density at radius 3 is 1.68 bits per heavy atom. The van der Waals surface area contributed by atoms with Crippen LogP contribution in [0.4, 0.5) is 0 Å². The first-order valence-corrected chi connectivity index (χ1v) is 12.0. The van der Waals surface area contributed by atoms with Gasteiger partial charge >= 0.3 is 29.8 Å². The van der Waals surface area contributed by atoms with E-state index in [1.54, 1.807) is 0 Å². The van der Waals surface area contributed by atoms with E-state index in [1.165, 1.54) is 0 Å². The highest BCUT2D eigenvalue weighted by molar-refractivity contribution is 6.09. The first-order chi connectivity index (χ1) is 18.6. The minimum Gasteiger partial charge on any atom is -0.456 e. The lowest BCUT2D eigenvalue weighted by molar-refractivity contribution is -0.307. The molecule has 1 spiro atoms. The summed E-state index contributed by atoms with van der Waals surface area (Å²) in [7, 11) is 0. The first-order valence-electron chi connectivity index (χ1n) is 12.0. The number of carbonyl (C=O) groups excluding carboxylic acids is 7. The number of rotatable bonds is 7. The van der Waals surface area contributed by atoms with Gasteiger partial charge in [-0.1, -0.05) is 0 Å². The van der Waals surface area contributed by atoms with E-state index in [0.717, 1.165) is 48.5 Å². The van der Waals surface area contributed by atoms with E-state index in [9.17, 15) is 33.6 Å². The van der Waals surface area contributed by atoms with E-state index < -0.39 is 84.3 Å². The van der Waals surface area contributed by atoms with Crippen molar-refractivity contribution in [1.29, 1.82) is 0 Å². The van der Waals surface area contributed by atoms with Gasteiger partial charge in [0.25, 0.3) is 5.79 Å². The fourth-order valence-corrected chi connectivity index (χ4v) is 4.67. The van der Waals surface area contributed by atoms with E-state index in [2.05, 4.69) is 0 Å². The van der Waals surface area contributed by atoms with Crippen LogP contribution in [0.3, 0.4) is 0 Å². The smallest absolute Gasteiger partial charge is 0.308 e. The Kier molecular flexibility index (Phi) is 8.63. The molecule has 1 aromatic rings. The summed E-state index contributed by atoms with van der Waals surface area (Å²) in [6, 6.07) is 0. The molecule has 0 bridgehead atoms. The quantitative estimate of drug-likeness (QED) is 0.200. The van der Waals surface area contributed by atoms with Crippen molar-refractivity contribution in [3.05, 3.63) is 16.7 Å². The van der Waals surface area contributed by atoms with Crippen molar-refractivity contribution >= 4 is 41.4 Å². The number of benzene rings is 1. The minimum atomic E-state index is -2.03. The second-order valence-electron chi connectivity index (χ2n) is 9.17. The van der Waals surface area contributed by atoms with Crippen molar-refractivity contribution in [1.82, 2.24) is 0 Å². The van der Waals surface area contributed by atoms with Gasteiger partial charge < -0.3 is 33.2 Å². The number of fused-ring (bicyclic) bond motifs is 1. The Balaban J connectivity index is 2.33. The summed E-state index contributed by atoms with van der Waals surface area (Å²) in [5.41, 5.74) is -0.755. The largest absolute Gasteiger partial charge is 0.456 e. The van der Waals surface area contributed by atoms with Crippen molar-refractivity contribution in [3.63, 3.8) is 0 Å². The van der Waals surface area contributed by atoms with E-state index in [4.69, 9.17) is 33.2 Å². The molecule has 14 heteroatoms. The normalized spacial score (nSPS) is 22.8. The zero-order valence-corrected chi connectivity index (χ0v) is 22.9. The average molecular weight is 564 g/mol. The van der Waals surface area contributed by atoms with Crippen LogP contribution >= 0.6 is 0 Å². The molecule has 0 aliphatic carbocycles. The summed E-state index contributed by atoms with van der Waals surface area (Å²) in [6.07, 6.45) is -4.67. The zero-order chi connectivity index (χ0) is 30.1. The van der Waals surface area contributed by atoms with Gasteiger partial charge in [0.2, 0.25) is 6.10 Å². The van der Waals surface area contributed by atoms with Crippen LogP contribution in [0.1, 0.15) is 74.7 Å². The molecule has 4 atom stereocenters. The Labute approximate surface area is 228 Å². The van der Waals surface area contributed by atoms with Gasteiger partial charge in [0, 0.05) is 46.6 Å². The van der Waals surface area contributed by atoms with Crippen molar-refractivity contribution in [2.24, 2.45) is 0 Å². The third-order valence-corrected chi connectivity index (χ3v) is 5.85. The molecule has 0 radical (unpaired) electrons. The number of Topliss-reactive ketones (excluding diaryl/α,β-unsaturated/α-hetero) is 2. The van der Waals surface area contributed by atoms with E-state index in [1.807, 2.05) is 0 Å². The van der Waals surface area contributed by atoms with Gasteiger partial charge in [0.15, 0.2) is 35.3 Å². The third kappa shape index (κ3) is 5.96. The Hall–Kier alpha value is -4.33. The summed E-state index contributed by atoms with van der Waals surface area (Å²) in [5.74, 6) is -8.77. The summed E-state index contributed by atoms with van der Waals surface area (Å²) in [5, 5.41) is 0. The number of esters is 5. The van der Waals surface area contributed by atoms with Crippen molar-refractivity contribution in [2.75, 3.05) is 6.61 Å². The molecule has 2 heterocycles. The number of ketones is 2. The van der Waals surface area contributed by atoms with Crippen LogP contribution < -0.4 is 14.2 Å². The lowest BCUT2D eigenvalue weighted by Gasteiger charge is -2.45. The van der Waals surface area contributed by atoms with Gasteiger partial charge in [-0.25, -0.2) is 0 Å². The lowest BCUT2D eigenvalue weighted by Crippen LogP contribution is -2.66. The molecule has 2 aliphatic heterocycles. The second kappa shape index (κ2) is 11.4. The first kappa shape index (κ1) is 30.2. The molecule has 40 heavy (non-hydrogen) atoms. The predicted octanol–water partition coefficient (Wildman–Crippen LogP) is 1.40. The summed E-state index contributed by atoms with van der Waals surface area (Å²) in [6.45, 7) is 7.17. The van der Waals surface area contributed by atoms with Gasteiger partial charge in [-0.05, 0) is 13.8 Å². The van der Waals surface area contributed by atoms with Crippen LogP contribution in [0.25, 0.3) is 0 Å². The number of hydrogen-bond donors (Lipinski definition) is 0. The van der Waals surface area contributed by atoms with E-state index >= 15 is 0 Å². The van der Waals surface area contributed by atoms with Crippen LogP contribution in [0.5, 0.6) is 17.2 Å². The van der Waals surface area contributed by atoms with Gasteiger partial charge in [-0.15, -0.1) is 0 Å². The van der Waals surface area contributed by atoms with Gasteiger partial charge in [0.05, 0.1) is 6.61 Å². The number of hydrogen-bond acceptors (Lipinski definition) is 14. The molecule has 14 nitrogen and oxygen atoms in total. The second-order valence-corrected chi connectivity index (χ2v) is 9.17. The minimum absolute atomic E-state index is 0.0221. The SMILES string of the molecule is CC(=O)Oc1c2c(c(C(C)=O)c(OC(C)=O)c1C(C)=O)O[C@]1(C2)OC[C@@H](OC(C)=O)[C@H](OC(C)=O)[C@@H]1OC(C)=O. The maximum atomic E-state index is 12.9. The molecule has 0 saturated carbocycles. The molecule has 0 amide bonds. The van der Waals surface area contributed by atoms with Crippen LogP contribution in [-0.4, -0.2) is 72.1 Å². The van der Waals surface area contributed by atoms with E-state index in [-0.39, 0.29) is 28.2 Å². The van der Waals surface area contributed by atoms with Crippen molar-refractivity contribution in [2.45, 2.75) is 79.0 Å².